The van der Waals surface area contributed by atoms with E-state index in [4.69, 9.17) is 0 Å². The molecule has 0 aromatic carbocycles. The Labute approximate surface area is 104 Å². The topological polar surface area (TPSA) is 41.1 Å². The van der Waals surface area contributed by atoms with Crippen LogP contribution in [0, 0.1) is 11.3 Å². The molecule has 2 N–H and O–H groups in total. The number of amides is 1. The first-order valence-corrected chi connectivity index (χ1v) is 6.15. The molecule has 0 aromatic heterocycles. The van der Waals surface area contributed by atoms with E-state index in [0.717, 1.165) is 26.1 Å². The molecule has 1 saturated heterocycles. The van der Waals surface area contributed by atoms with Crippen LogP contribution in [0.25, 0.3) is 0 Å². The first-order valence-electron chi connectivity index (χ1n) is 6.15. The molecule has 1 amide bonds. The fourth-order valence-electron chi connectivity index (χ4n) is 2.24. The molecule has 16 heavy (non-hydrogen) atoms. The van der Waals surface area contributed by atoms with E-state index in [1.165, 1.54) is 25.7 Å². The van der Waals surface area contributed by atoms with Gasteiger partial charge in [-0.1, -0.05) is 6.92 Å². The van der Waals surface area contributed by atoms with Gasteiger partial charge in [-0.15, -0.1) is 12.4 Å². The number of halogens is 1. The van der Waals surface area contributed by atoms with Gasteiger partial charge >= 0.3 is 0 Å². The van der Waals surface area contributed by atoms with Crippen molar-refractivity contribution in [1.29, 1.82) is 0 Å². The van der Waals surface area contributed by atoms with Crippen LogP contribution in [0.15, 0.2) is 0 Å². The predicted octanol–water partition coefficient (Wildman–Crippen LogP) is 1.71. The minimum atomic E-state index is 0. The zero-order chi connectivity index (χ0) is 10.7. The summed E-state index contributed by atoms with van der Waals surface area (Å²) >= 11 is 0. The zero-order valence-corrected chi connectivity index (χ0v) is 10.9. The lowest BCUT2D eigenvalue weighted by Crippen LogP contribution is -2.45. The van der Waals surface area contributed by atoms with Crippen LogP contribution in [0.3, 0.4) is 0 Å². The van der Waals surface area contributed by atoms with Crippen LogP contribution in [-0.2, 0) is 4.79 Å². The smallest absolute Gasteiger partial charge is 0.220 e. The lowest BCUT2D eigenvalue weighted by Gasteiger charge is -2.34. The summed E-state index contributed by atoms with van der Waals surface area (Å²) < 4.78 is 0. The largest absolute Gasteiger partial charge is 0.356 e. The zero-order valence-electron chi connectivity index (χ0n) is 10.1. The van der Waals surface area contributed by atoms with E-state index in [1.54, 1.807) is 0 Å². The molecule has 1 aliphatic heterocycles. The monoisotopic (exact) mass is 246 g/mol. The van der Waals surface area contributed by atoms with Crippen LogP contribution in [0.5, 0.6) is 0 Å². The van der Waals surface area contributed by atoms with E-state index >= 15 is 0 Å². The molecule has 0 spiro atoms. The molecule has 2 aliphatic rings. The highest BCUT2D eigenvalue weighted by molar-refractivity contribution is 5.85. The Bertz CT molecular complexity index is 235. The number of rotatable bonds is 4. The molecule has 3 nitrogen and oxygen atoms in total. The Hall–Kier alpha value is -0.280. The number of piperidine rings is 1. The molecule has 4 heteroatoms. The summed E-state index contributed by atoms with van der Waals surface area (Å²) in [5, 5.41) is 6.49. The Morgan fingerprint density at radius 1 is 1.50 bits per heavy atom. The predicted molar refractivity (Wildman–Crippen MR) is 67.8 cm³/mol. The van der Waals surface area contributed by atoms with Gasteiger partial charge in [0.1, 0.15) is 0 Å². The van der Waals surface area contributed by atoms with Gasteiger partial charge in [-0.05, 0) is 43.6 Å². The maximum atomic E-state index is 11.5. The minimum Gasteiger partial charge on any atom is -0.356 e. The highest BCUT2D eigenvalue weighted by Gasteiger charge is 2.28. The maximum Gasteiger partial charge on any atom is 0.220 e. The SMILES string of the molecule is CC1(CNC(=O)CC2CC2)CCCNC1.Cl. The molecule has 0 bridgehead atoms. The van der Waals surface area contributed by atoms with Gasteiger partial charge in [0.2, 0.25) is 5.91 Å². The molecular formula is C12H23ClN2O. The average molecular weight is 247 g/mol. The van der Waals surface area contributed by atoms with E-state index in [2.05, 4.69) is 17.6 Å². The third-order valence-corrected chi connectivity index (χ3v) is 3.57. The Kier molecular flexibility index (Phi) is 5.06. The number of nitrogens with one attached hydrogen (secondary N) is 2. The van der Waals surface area contributed by atoms with Crippen LogP contribution in [0.2, 0.25) is 0 Å². The third-order valence-electron chi connectivity index (χ3n) is 3.57. The summed E-state index contributed by atoms with van der Waals surface area (Å²) in [6, 6.07) is 0. The molecule has 2 fully saturated rings. The van der Waals surface area contributed by atoms with Crippen molar-refractivity contribution in [3.63, 3.8) is 0 Å². The van der Waals surface area contributed by atoms with Gasteiger partial charge in [0.05, 0.1) is 0 Å². The number of carbonyl (C=O) groups excluding carboxylic acids is 1. The average Bonchev–Trinajstić information content (AvgIpc) is 3.00. The minimum absolute atomic E-state index is 0. The van der Waals surface area contributed by atoms with Gasteiger partial charge in [0.25, 0.3) is 0 Å². The van der Waals surface area contributed by atoms with Gasteiger partial charge in [0.15, 0.2) is 0 Å². The quantitative estimate of drug-likeness (QED) is 0.793. The van der Waals surface area contributed by atoms with E-state index in [9.17, 15) is 4.79 Å². The number of carbonyl (C=O) groups is 1. The van der Waals surface area contributed by atoms with Crippen LogP contribution in [-0.4, -0.2) is 25.5 Å². The maximum absolute atomic E-state index is 11.5. The highest BCUT2D eigenvalue weighted by Crippen LogP contribution is 2.32. The lowest BCUT2D eigenvalue weighted by atomic mass is 9.83. The van der Waals surface area contributed by atoms with Crippen molar-refractivity contribution in [2.75, 3.05) is 19.6 Å². The molecule has 0 aromatic rings. The summed E-state index contributed by atoms with van der Waals surface area (Å²) in [6.07, 6.45) is 5.72. The molecule has 2 rings (SSSR count). The van der Waals surface area contributed by atoms with Gasteiger partial charge < -0.3 is 10.6 Å². The van der Waals surface area contributed by atoms with Crippen molar-refractivity contribution < 1.29 is 4.79 Å². The van der Waals surface area contributed by atoms with Crippen molar-refractivity contribution in [3.05, 3.63) is 0 Å². The molecule has 1 unspecified atom stereocenters. The normalized spacial score (nSPS) is 29.3. The Morgan fingerprint density at radius 2 is 2.25 bits per heavy atom. The van der Waals surface area contributed by atoms with E-state index < -0.39 is 0 Å². The second kappa shape index (κ2) is 5.87. The molecule has 1 aliphatic carbocycles. The van der Waals surface area contributed by atoms with Gasteiger partial charge in [-0.2, -0.15) is 0 Å². The second-order valence-corrected chi connectivity index (χ2v) is 5.52. The Balaban J connectivity index is 0.00000128. The van der Waals surface area contributed by atoms with Crippen LogP contribution in [0.4, 0.5) is 0 Å². The van der Waals surface area contributed by atoms with Crippen molar-refractivity contribution in [2.45, 2.75) is 39.0 Å². The molecule has 0 radical (unpaired) electrons. The second-order valence-electron chi connectivity index (χ2n) is 5.52. The van der Waals surface area contributed by atoms with Crippen LogP contribution < -0.4 is 10.6 Å². The molecule has 1 saturated carbocycles. The summed E-state index contributed by atoms with van der Waals surface area (Å²) in [7, 11) is 0. The van der Waals surface area contributed by atoms with Crippen molar-refractivity contribution in [1.82, 2.24) is 10.6 Å². The van der Waals surface area contributed by atoms with Gasteiger partial charge in [-0.3, -0.25) is 4.79 Å². The van der Waals surface area contributed by atoms with Crippen LogP contribution in [0.1, 0.15) is 39.0 Å². The van der Waals surface area contributed by atoms with Crippen molar-refractivity contribution in [3.8, 4) is 0 Å². The van der Waals surface area contributed by atoms with E-state index in [1.807, 2.05) is 0 Å². The fraction of sp³-hybridized carbons (Fsp3) is 0.917. The number of hydrogen-bond acceptors (Lipinski definition) is 2. The van der Waals surface area contributed by atoms with Crippen molar-refractivity contribution in [2.24, 2.45) is 11.3 Å². The van der Waals surface area contributed by atoms with E-state index in [-0.39, 0.29) is 23.7 Å². The van der Waals surface area contributed by atoms with Crippen LogP contribution >= 0.6 is 12.4 Å². The summed E-state index contributed by atoms with van der Waals surface area (Å²) in [4.78, 5) is 11.5. The first-order chi connectivity index (χ1) is 7.18. The number of hydrogen-bond donors (Lipinski definition) is 2. The summed E-state index contributed by atoms with van der Waals surface area (Å²) in [6.45, 7) is 5.27. The van der Waals surface area contributed by atoms with E-state index in [0.29, 0.717) is 5.92 Å². The van der Waals surface area contributed by atoms with Gasteiger partial charge in [-0.25, -0.2) is 0 Å². The van der Waals surface area contributed by atoms with Crippen molar-refractivity contribution >= 4 is 18.3 Å². The molecule has 94 valence electrons. The lowest BCUT2D eigenvalue weighted by molar-refractivity contribution is -0.121. The highest BCUT2D eigenvalue weighted by atomic mass is 35.5. The Morgan fingerprint density at radius 3 is 2.81 bits per heavy atom. The fourth-order valence-corrected chi connectivity index (χ4v) is 2.24. The molecule has 1 atom stereocenters. The first kappa shape index (κ1) is 13.8. The standard InChI is InChI=1S/C12H22N2O.ClH/c1-12(5-2-6-13-8-12)9-14-11(15)7-10-3-4-10;/h10,13H,2-9H2,1H3,(H,14,15);1H. The summed E-state index contributed by atoms with van der Waals surface area (Å²) in [5.74, 6) is 0.951. The van der Waals surface area contributed by atoms with Gasteiger partial charge in [0, 0.05) is 19.5 Å². The third kappa shape index (κ3) is 4.30. The molecular weight excluding hydrogens is 224 g/mol. The molecule has 1 heterocycles. The summed E-state index contributed by atoms with van der Waals surface area (Å²) in [5.41, 5.74) is 0.275.